The lowest BCUT2D eigenvalue weighted by Crippen LogP contribution is -1.79. The Morgan fingerprint density at radius 3 is 2.25 bits per heavy atom. The molecule has 0 spiro atoms. The van der Waals surface area contributed by atoms with E-state index in [4.69, 9.17) is 0 Å². The fourth-order valence-electron chi connectivity index (χ4n) is 0.284. The molecule has 0 N–H and O–H groups in total. The number of allylic oxidation sites excluding steroid dienone is 2. The smallest absolute Gasteiger partial charge is 0.201 e. The standard InChI is InChI=1S/C6H9BrO/c1-5(2)3-4-6(7)8/h3H,4H2,1-2H3. The Balaban J connectivity index is 3.45. The molecule has 0 saturated heterocycles. The molecule has 0 aromatic rings. The van der Waals surface area contributed by atoms with Crippen molar-refractivity contribution in [3.63, 3.8) is 0 Å². The SMILES string of the molecule is CC(C)=CCC(=O)Br. The van der Waals surface area contributed by atoms with Crippen LogP contribution in [-0.4, -0.2) is 4.69 Å². The molecule has 0 saturated carbocycles. The summed E-state index contributed by atoms with van der Waals surface area (Å²) in [5.74, 6) is 0. The van der Waals surface area contributed by atoms with Crippen LogP contribution >= 0.6 is 15.9 Å². The fourth-order valence-corrected chi connectivity index (χ4v) is 0.446. The Kier molecular flexibility index (Phi) is 3.79. The number of hydrogen-bond donors (Lipinski definition) is 0. The fraction of sp³-hybridized carbons (Fsp3) is 0.500. The van der Waals surface area contributed by atoms with Gasteiger partial charge in [-0.15, -0.1) is 0 Å². The molecule has 0 unspecified atom stereocenters. The van der Waals surface area contributed by atoms with Crippen LogP contribution in [0.15, 0.2) is 11.6 Å². The van der Waals surface area contributed by atoms with Gasteiger partial charge in [-0.05, 0) is 29.8 Å². The van der Waals surface area contributed by atoms with E-state index in [1.54, 1.807) is 0 Å². The van der Waals surface area contributed by atoms with Gasteiger partial charge in [-0.3, -0.25) is 4.79 Å². The molecule has 0 bridgehead atoms. The third kappa shape index (κ3) is 5.89. The summed E-state index contributed by atoms with van der Waals surface area (Å²) in [6.45, 7) is 3.94. The molecule has 46 valence electrons. The molecule has 0 amide bonds. The van der Waals surface area contributed by atoms with E-state index in [-0.39, 0.29) is 4.69 Å². The molecule has 0 aliphatic rings. The number of halogens is 1. The molecule has 8 heavy (non-hydrogen) atoms. The van der Waals surface area contributed by atoms with E-state index in [1.807, 2.05) is 19.9 Å². The third-order valence-corrected chi connectivity index (χ3v) is 0.995. The van der Waals surface area contributed by atoms with Gasteiger partial charge in [-0.25, -0.2) is 0 Å². The summed E-state index contributed by atoms with van der Waals surface area (Å²) in [7, 11) is 0. The van der Waals surface area contributed by atoms with E-state index >= 15 is 0 Å². The Labute approximate surface area is 57.9 Å². The van der Waals surface area contributed by atoms with Crippen LogP contribution in [-0.2, 0) is 4.79 Å². The first-order valence-corrected chi connectivity index (χ1v) is 3.24. The van der Waals surface area contributed by atoms with Crippen molar-refractivity contribution >= 4 is 20.6 Å². The largest absolute Gasteiger partial charge is 0.286 e. The van der Waals surface area contributed by atoms with Gasteiger partial charge in [0.25, 0.3) is 0 Å². The Bertz CT molecular complexity index is 112. The Hall–Kier alpha value is -0.110. The second-order valence-corrected chi connectivity index (χ2v) is 2.73. The van der Waals surface area contributed by atoms with E-state index in [1.165, 1.54) is 5.57 Å². The maximum absolute atomic E-state index is 10.2. The monoisotopic (exact) mass is 176 g/mol. The number of hydrogen-bond acceptors (Lipinski definition) is 1. The lowest BCUT2D eigenvalue weighted by molar-refractivity contribution is -0.109. The highest BCUT2D eigenvalue weighted by Crippen LogP contribution is 1.97. The molecule has 0 heterocycles. The molecule has 0 atom stereocenters. The van der Waals surface area contributed by atoms with Gasteiger partial charge in [0, 0.05) is 6.42 Å². The van der Waals surface area contributed by atoms with Crippen molar-refractivity contribution in [2.45, 2.75) is 20.3 Å². The van der Waals surface area contributed by atoms with Crippen LogP contribution in [0.1, 0.15) is 20.3 Å². The summed E-state index contributed by atoms with van der Waals surface area (Å²) < 4.78 is 0.0405. The van der Waals surface area contributed by atoms with Crippen LogP contribution in [0, 0.1) is 0 Å². The molecular weight excluding hydrogens is 168 g/mol. The van der Waals surface area contributed by atoms with Crippen LogP contribution in [0.4, 0.5) is 0 Å². The quantitative estimate of drug-likeness (QED) is 0.467. The molecule has 0 rings (SSSR count). The van der Waals surface area contributed by atoms with Crippen molar-refractivity contribution in [1.29, 1.82) is 0 Å². The average Bonchev–Trinajstić information content (AvgIpc) is 1.61. The second kappa shape index (κ2) is 3.84. The zero-order valence-electron chi connectivity index (χ0n) is 5.07. The maximum atomic E-state index is 10.2. The Morgan fingerprint density at radius 1 is 1.62 bits per heavy atom. The first-order valence-electron chi connectivity index (χ1n) is 2.44. The van der Waals surface area contributed by atoms with Crippen LogP contribution < -0.4 is 0 Å². The number of carbonyl (C=O) groups excluding carboxylic acids is 1. The molecule has 2 heteroatoms. The summed E-state index contributed by atoms with van der Waals surface area (Å²) >= 11 is 2.82. The number of carbonyl (C=O) groups is 1. The second-order valence-electron chi connectivity index (χ2n) is 1.84. The van der Waals surface area contributed by atoms with E-state index in [0.717, 1.165) is 0 Å². The van der Waals surface area contributed by atoms with Crippen molar-refractivity contribution in [1.82, 2.24) is 0 Å². The first-order chi connectivity index (χ1) is 3.63. The normalized spacial score (nSPS) is 8.38. The van der Waals surface area contributed by atoms with Crippen molar-refractivity contribution in [3.05, 3.63) is 11.6 Å². The van der Waals surface area contributed by atoms with Gasteiger partial charge in [0.15, 0.2) is 0 Å². The highest BCUT2D eigenvalue weighted by atomic mass is 79.9. The molecular formula is C6H9BrO. The summed E-state index contributed by atoms with van der Waals surface area (Å²) in [5, 5.41) is 0. The zero-order chi connectivity index (χ0) is 6.57. The van der Waals surface area contributed by atoms with Crippen molar-refractivity contribution in [2.75, 3.05) is 0 Å². The van der Waals surface area contributed by atoms with Gasteiger partial charge >= 0.3 is 0 Å². The molecule has 0 aliphatic carbocycles. The lowest BCUT2D eigenvalue weighted by Gasteiger charge is -1.84. The highest BCUT2D eigenvalue weighted by molar-refractivity contribution is 9.18. The molecule has 0 fully saturated rings. The minimum absolute atomic E-state index is 0.0405. The zero-order valence-corrected chi connectivity index (χ0v) is 6.66. The van der Waals surface area contributed by atoms with Crippen molar-refractivity contribution < 1.29 is 4.79 Å². The molecule has 1 nitrogen and oxygen atoms in total. The van der Waals surface area contributed by atoms with Gasteiger partial charge in [0.2, 0.25) is 4.69 Å². The highest BCUT2D eigenvalue weighted by Gasteiger charge is 1.87. The van der Waals surface area contributed by atoms with E-state index in [9.17, 15) is 4.79 Å². The van der Waals surface area contributed by atoms with E-state index < -0.39 is 0 Å². The van der Waals surface area contributed by atoms with Gasteiger partial charge in [-0.1, -0.05) is 11.6 Å². The minimum atomic E-state index is 0.0405. The van der Waals surface area contributed by atoms with Crippen LogP contribution in [0.3, 0.4) is 0 Å². The van der Waals surface area contributed by atoms with Crippen LogP contribution in [0.25, 0.3) is 0 Å². The summed E-state index contributed by atoms with van der Waals surface area (Å²) in [4.78, 5) is 10.2. The van der Waals surface area contributed by atoms with Crippen LogP contribution in [0.5, 0.6) is 0 Å². The molecule has 0 aromatic heterocycles. The number of rotatable bonds is 2. The van der Waals surface area contributed by atoms with Crippen molar-refractivity contribution in [2.24, 2.45) is 0 Å². The molecule has 0 aliphatic heterocycles. The molecule has 0 radical (unpaired) electrons. The summed E-state index contributed by atoms with van der Waals surface area (Å²) in [6.07, 6.45) is 2.39. The summed E-state index contributed by atoms with van der Waals surface area (Å²) in [5.41, 5.74) is 1.18. The first kappa shape index (κ1) is 7.89. The molecule has 0 aromatic carbocycles. The van der Waals surface area contributed by atoms with Crippen LogP contribution in [0.2, 0.25) is 0 Å². The van der Waals surface area contributed by atoms with Gasteiger partial charge in [0.1, 0.15) is 0 Å². The topological polar surface area (TPSA) is 17.1 Å². The Morgan fingerprint density at radius 2 is 2.12 bits per heavy atom. The third-order valence-electron chi connectivity index (χ3n) is 0.671. The van der Waals surface area contributed by atoms with E-state index in [2.05, 4.69) is 15.9 Å². The van der Waals surface area contributed by atoms with E-state index in [0.29, 0.717) is 6.42 Å². The minimum Gasteiger partial charge on any atom is -0.286 e. The maximum Gasteiger partial charge on any atom is 0.201 e. The van der Waals surface area contributed by atoms with Gasteiger partial charge < -0.3 is 0 Å². The van der Waals surface area contributed by atoms with Gasteiger partial charge in [0.05, 0.1) is 0 Å². The predicted octanol–water partition coefficient (Wildman–Crippen LogP) is 2.26. The average molecular weight is 177 g/mol. The van der Waals surface area contributed by atoms with Crippen molar-refractivity contribution in [3.8, 4) is 0 Å². The predicted molar refractivity (Wildman–Crippen MR) is 38.0 cm³/mol. The van der Waals surface area contributed by atoms with Gasteiger partial charge in [-0.2, -0.15) is 0 Å². The summed E-state index contributed by atoms with van der Waals surface area (Å²) in [6, 6.07) is 0. The lowest BCUT2D eigenvalue weighted by atomic mass is 10.3.